The molecule has 0 bridgehead atoms. The summed E-state index contributed by atoms with van der Waals surface area (Å²) in [6.45, 7) is 6.78. The number of alkyl halides is 3. The van der Waals surface area contributed by atoms with Crippen molar-refractivity contribution < 1.29 is 43.2 Å². The van der Waals surface area contributed by atoms with E-state index in [0.717, 1.165) is 34.0 Å². The molecule has 4 rings (SSSR count). The number of allylic oxidation sites excluding steroid dienone is 1. The topological polar surface area (TPSA) is 55.1 Å². The molecule has 4 aromatic rings. The summed E-state index contributed by atoms with van der Waals surface area (Å²) in [6, 6.07) is 22.3. The monoisotopic (exact) mass is 646 g/mol. The number of pyridine rings is 1. The number of carbonyl (C=O) groups is 1. The van der Waals surface area contributed by atoms with Crippen molar-refractivity contribution in [1.29, 1.82) is 0 Å². The number of halogens is 3. The number of aliphatic hydroxyl groups is 1. The zero-order valence-corrected chi connectivity index (χ0v) is 21.2. The number of hydrogen-bond donors (Lipinski definition) is 1. The van der Waals surface area contributed by atoms with Gasteiger partial charge in [0.2, 0.25) is 0 Å². The zero-order chi connectivity index (χ0) is 24.2. The minimum atomic E-state index is -4.88. The smallest absolute Gasteiger partial charge is 0.454 e. The molecule has 0 saturated carbocycles. The Balaban J connectivity index is 0.000000352. The van der Waals surface area contributed by atoms with Crippen LogP contribution in [-0.2, 0) is 31.3 Å². The molecular formula is C26H24F3IrN2O2-. The molecule has 8 heteroatoms. The molecule has 181 valence electrons. The van der Waals surface area contributed by atoms with Crippen LogP contribution >= 0.6 is 0 Å². The summed E-state index contributed by atoms with van der Waals surface area (Å²) in [4.78, 5) is 14.5. The van der Waals surface area contributed by atoms with Gasteiger partial charge in [-0.15, -0.1) is 24.3 Å². The van der Waals surface area contributed by atoms with Crippen LogP contribution < -0.4 is 0 Å². The number of fused-ring (bicyclic) bond motifs is 3. The van der Waals surface area contributed by atoms with Crippen molar-refractivity contribution in [2.75, 3.05) is 0 Å². The summed E-state index contributed by atoms with van der Waals surface area (Å²) in [6.07, 6.45) is -1.76. The normalized spacial score (nSPS) is 11.8. The molecular weight excluding hydrogens is 622 g/mol. The van der Waals surface area contributed by atoms with Gasteiger partial charge in [0.25, 0.3) is 5.78 Å². The molecule has 0 spiro atoms. The standard InChI is InChI=1S/C22H21N2.C4H3F3O2.Ir/c1-22(2,3)14-16-13-20-21(23-15-16)18-11-7-8-12-19(18)24(20)17-9-5-4-6-10-17;5-4(6,7)3(9)1-2-8;/h4-10,12-13,15H,14H2,1-3H3;1-2,8H;/q-1;;/b;2-1-;. The van der Waals surface area contributed by atoms with Gasteiger partial charge in [0.1, 0.15) is 0 Å². The fourth-order valence-electron chi connectivity index (χ4n) is 3.52. The molecule has 0 atom stereocenters. The number of rotatable bonds is 3. The van der Waals surface area contributed by atoms with Gasteiger partial charge >= 0.3 is 6.18 Å². The molecule has 2 aromatic heterocycles. The summed E-state index contributed by atoms with van der Waals surface area (Å²) < 4.78 is 35.7. The quantitative estimate of drug-likeness (QED) is 0.152. The van der Waals surface area contributed by atoms with Crippen LogP contribution in [-0.4, -0.2) is 26.6 Å². The van der Waals surface area contributed by atoms with Crippen LogP contribution in [0.4, 0.5) is 13.2 Å². The van der Waals surface area contributed by atoms with E-state index < -0.39 is 12.0 Å². The Hall–Kier alpha value is -2.96. The van der Waals surface area contributed by atoms with Gasteiger partial charge < -0.3 is 14.7 Å². The molecule has 2 aromatic carbocycles. The number of aromatic nitrogens is 2. The van der Waals surface area contributed by atoms with Gasteiger partial charge in [0, 0.05) is 49.1 Å². The number of ketones is 1. The van der Waals surface area contributed by atoms with E-state index in [-0.39, 0.29) is 37.9 Å². The first-order chi connectivity index (χ1) is 15.5. The first kappa shape index (κ1) is 27.3. The molecule has 0 amide bonds. The van der Waals surface area contributed by atoms with E-state index in [0.29, 0.717) is 0 Å². The van der Waals surface area contributed by atoms with Crippen molar-refractivity contribution in [2.24, 2.45) is 5.41 Å². The maximum Gasteiger partial charge on any atom is 0.454 e. The van der Waals surface area contributed by atoms with Crippen LogP contribution in [0.3, 0.4) is 0 Å². The SMILES string of the molecule is CC(C)(C)Cc1cnc2c3[c-]cccc3n(-c3ccccc3)c2c1.O=C(/C=C\O)C(F)(F)F.[Ir]. The van der Waals surface area contributed by atoms with Crippen LogP contribution in [0.25, 0.3) is 27.6 Å². The molecule has 0 aliphatic rings. The van der Waals surface area contributed by atoms with E-state index in [4.69, 9.17) is 10.1 Å². The van der Waals surface area contributed by atoms with Crippen molar-refractivity contribution in [2.45, 2.75) is 33.4 Å². The van der Waals surface area contributed by atoms with Crippen molar-refractivity contribution >= 4 is 27.7 Å². The van der Waals surface area contributed by atoms with E-state index in [2.05, 4.69) is 67.8 Å². The van der Waals surface area contributed by atoms with E-state index in [1.807, 2.05) is 24.4 Å². The average molecular weight is 646 g/mol. The van der Waals surface area contributed by atoms with E-state index in [1.54, 1.807) is 0 Å². The van der Waals surface area contributed by atoms with Crippen LogP contribution in [0.15, 0.2) is 73.1 Å². The van der Waals surface area contributed by atoms with Gasteiger partial charge in [-0.05, 0) is 41.1 Å². The third-order valence-electron chi connectivity index (χ3n) is 4.73. The van der Waals surface area contributed by atoms with Gasteiger partial charge in [-0.25, -0.2) is 0 Å². The Morgan fingerprint density at radius 3 is 2.32 bits per heavy atom. The number of para-hydroxylation sites is 1. The number of aliphatic hydroxyl groups excluding tert-OH is 1. The average Bonchev–Trinajstić information content (AvgIpc) is 3.07. The first-order valence-corrected chi connectivity index (χ1v) is 10.3. The molecule has 1 radical (unpaired) electrons. The number of carbonyl (C=O) groups excluding carboxylic acids is 1. The minimum Gasteiger partial charge on any atom is -0.515 e. The molecule has 0 aliphatic carbocycles. The third-order valence-corrected chi connectivity index (χ3v) is 4.73. The van der Waals surface area contributed by atoms with Gasteiger partial charge in [0.05, 0.1) is 6.26 Å². The minimum absolute atomic E-state index is 0. The summed E-state index contributed by atoms with van der Waals surface area (Å²) in [7, 11) is 0. The second kappa shape index (κ2) is 11.0. The largest absolute Gasteiger partial charge is 0.515 e. The Bertz CT molecular complexity index is 1290. The second-order valence-electron chi connectivity index (χ2n) is 8.73. The number of nitrogens with zero attached hydrogens (tertiary/aromatic N) is 2. The third kappa shape index (κ3) is 6.55. The van der Waals surface area contributed by atoms with Gasteiger partial charge in [-0.1, -0.05) is 44.4 Å². The Labute approximate surface area is 209 Å². The van der Waals surface area contributed by atoms with E-state index >= 15 is 0 Å². The van der Waals surface area contributed by atoms with Gasteiger partial charge in [-0.2, -0.15) is 13.2 Å². The van der Waals surface area contributed by atoms with E-state index in [9.17, 15) is 18.0 Å². The predicted molar refractivity (Wildman–Crippen MR) is 123 cm³/mol. The van der Waals surface area contributed by atoms with Gasteiger partial charge in [0.15, 0.2) is 0 Å². The van der Waals surface area contributed by atoms with Crippen LogP contribution in [0.2, 0.25) is 0 Å². The maximum absolute atomic E-state index is 11.1. The van der Waals surface area contributed by atoms with Crippen LogP contribution in [0.5, 0.6) is 0 Å². The maximum atomic E-state index is 11.1. The molecule has 0 unspecified atom stereocenters. The van der Waals surface area contributed by atoms with Crippen molar-refractivity contribution in [3.8, 4) is 5.69 Å². The summed E-state index contributed by atoms with van der Waals surface area (Å²) >= 11 is 0. The Morgan fingerprint density at radius 2 is 1.76 bits per heavy atom. The van der Waals surface area contributed by atoms with Crippen molar-refractivity contribution in [3.05, 3.63) is 84.8 Å². The molecule has 34 heavy (non-hydrogen) atoms. The molecule has 0 fully saturated rings. The van der Waals surface area contributed by atoms with Crippen LogP contribution in [0.1, 0.15) is 26.3 Å². The molecule has 0 saturated heterocycles. The molecule has 2 heterocycles. The first-order valence-electron chi connectivity index (χ1n) is 10.3. The summed E-state index contributed by atoms with van der Waals surface area (Å²) in [5.41, 5.74) is 6.00. The number of hydrogen-bond acceptors (Lipinski definition) is 3. The summed E-state index contributed by atoms with van der Waals surface area (Å²) in [5.74, 6) is -2.06. The second-order valence-corrected chi connectivity index (χ2v) is 8.73. The van der Waals surface area contributed by atoms with Crippen LogP contribution in [0, 0.1) is 11.5 Å². The summed E-state index contributed by atoms with van der Waals surface area (Å²) in [5, 5.41) is 8.78. The fraction of sp³-hybridized carbons (Fsp3) is 0.231. The van der Waals surface area contributed by atoms with Crippen molar-refractivity contribution in [3.63, 3.8) is 0 Å². The van der Waals surface area contributed by atoms with Crippen molar-refractivity contribution in [1.82, 2.24) is 9.55 Å². The Kier molecular flexibility index (Phi) is 8.81. The molecule has 4 nitrogen and oxygen atoms in total. The van der Waals surface area contributed by atoms with Gasteiger partial charge in [-0.3, -0.25) is 4.79 Å². The fourth-order valence-corrected chi connectivity index (χ4v) is 3.52. The number of benzene rings is 2. The molecule has 0 aliphatic heterocycles. The predicted octanol–water partition coefficient (Wildman–Crippen LogP) is 6.75. The Morgan fingerprint density at radius 1 is 1.09 bits per heavy atom. The van der Waals surface area contributed by atoms with E-state index in [1.165, 1.54) is 5.56 Å². The zero-order valence-electron chi connectivity index (χ0n) is 18.9. The molecule has 1 N–H and O–H groups in total.